The van der Waals surface area contributed by atoms with Gasteiger partial charge in [-0.2, -0.15) is 0 Å². The average molecular weight is 337 g/mol. The monoisotopic (exact) mass is 337 g/mol. The van der Waals surface area contributed by atoms with E-state index in [0.717, 1.165) is 0 Å². The van der Waals surface area contributed by atoms with Gasteiger partial charge in [0.2, 0.25) is 5.91 Å². The Bertz CT molecular complexity index is 993. The molecule has 3 rings (SSSR count). The van der Waals surface area contributed by atoms with Gasteiger partial charge in [-0.1, -0.05) is 12.1 Å². The molecule has 0 spiro atoms. The lowest BCUT2D eigenvalue weighted by atomic mass is 10.3. The summed E-state index contributed by atoms with van der Waals surface area (Å²) in [5.74, 6) is -0.440. The third-order valence-electron chi connectivity index (χ3n) is 3.45. The number of benzene rings is 2. The van der Waals surface area contributed by atoms with Crippen molar-refractivity contribution in [1.29, 1.82) is 0 Å². The molecule has 0 aliphatic rings. The lowest BCUT2D eigenvalue weighted by Gasteiger charge is -2.10. The highest BCUT2D eigenvalue weighted by Gasteiger charge is 2.11. The zero-order chi connectivity index (χ0) is 17.8. The van der Waals surface area contributed by atoms with Crippen LogP contribution in [0.4, 0.5) is 5.69 Å². The molecule has 2 aromatic carbocycles. The number of rotatable bonds is 4. The quantitative estimate of drug-likeness (QED) is 0.580. The maximum Gasteiger partial charge on any atom is 0.331 e. The molecule has 0 bridgehead atoms. The fraction of sp³-hybridized carbons (Fsp3) is 0.111. The highest BCUT2D eigenvalue weighted by molar-refractivity contribution is 5.88. The second-order valence-electron chi connectivity index (χ2n) is 5.35. The number of aromatic nitrogens is 2. The predicted molar refractivity (Wildman–Crippen MR) is 92.4 cm³/mol. The molecule has 0 aliphatic carbocycles. The van der Waals surface area contributed by atoms with Crippen molar-refractivity contribution < 1.29 is 14.3 Å². The molecule has 126 valence electrons. The number of fused-ring (bicyclic) bond motifs is 1. The van der Waals surface area contributed by atoms with Gasteiger partial charge in [0.25, 0.3) is 5.56 Å². The molecule has 1 aromatic heterocycles. The van der Waals surface area contributed by atoms with Gasteiger partial charge in [-0.25, -0.2) is 9.78 Å². The van der Waals surface area contributed by atoms with Crippen LogP contribution in [-0.4, -0.2) is 21.4 Å². The molecule has 0 atom stereocenters. The third-order valence-corrected chi connectivity index (χ3v) is 3.45. The first-order valence-electron chi connectivity index (χ1n) is 7.56. The SMILES string of the molecule is CC(=O)Nc1ccc(OC(=O)Cn2c(=O)cnc3ccccc32)cc1. The number of carbonyl (C=O) groups excluding carboxylic acids is 2. The molecular weight excluding hydrogens is 322 g/mol. The van der Waals surface area contributed by atoms with Crippen LogP contribution in [0.3, 0.4) is 0 Å². The number of esters is 1. The van der Waals surface area contributed by atoms with Gasteiger partial charge in [-0.15, -0.1) is 0 Å². The van der Waals surface area contributed by atoms with Crippen molar-refractivity contribution in [3.63, 3.8) is 0 Å². The number of nitrogens with one attached hydrogen (secondary N) is 1. The Hall–Kier alpha value is -3.48. The van der Waals surface area contributed by atoms with Crippen LogP contribution in [0.15, 0.2) is 59.5 Å². The molecule has 0 unspecified atom stereocenters. The smallest absolute Gasteiger partial charge is 0.331 e. The van der Waals surface area contributed by atoms with Crippen LogP contribution in [-0.2, 0) is 16.1 Å². The van der Waals surface area contributed by atoms with Gasteiger partial charge in [-0.05, 0) is 36.4 Å². The zero-order valence-electron chi connectivity index (χ0n) is 13.4. The molecule has 25 heavy (non-hydrogen) atoms. The number of para-hydroxylation sites is 2. The molecule has 7 nitrogen and oxygen atoms in total. The van der Waals surface area contributed by atoms with E-state index < -0.39 is 5.97 Å². The maximum absolute atomic E-state index is 12.2. The summed E-state index contributed by atoms with van der Waals surface area (Å²) in [7, 11) is 0. The van der Waals surface area contributed by atoms with Crippen LogP contribution in [0.2, 0.25) is 0 Å². The molecule has 0 aliphatic heterocycles. The van der Waals surface area contributed by atoms with Crippen LogP contribution >= 0.6 is 0 Å². The minimum Gasteiger partial charge on any atom is -0.425 e. The van der Waals surface area contributed by atoms with E-state index in [1.54, 1.807) is 48.5 Å². The summed E-state index contributed by atoms with van der Waals surface area (Å²) in [5.41, 5.74) is 1.41. The van der Waals surface area contributed by atoms with Gasteiger partial charge in [0.05, 0.1) is 17.2 Å². The van der Waals surface area contributed by atoms with E-state index in [2.05, 4.69) is 10.3 Å². The lowest BCUT2D eigenvalue weighted by Crippen LogP contribution is -2.26. The van der Waals surface area contributed by atoms with E-state index in [1.807, 2.05) is 0 Å². The van der Waals surface area contributed by atoms with Gasteiger partial charge < -0.3 is 10.1 Å². The number of ether oxygens (including phenoxy) is 1. The zero-order valence-corrected chi connectivity index (χ0v) is 13.4. The van der Waals surface area contributed by atoms with Gasteiger partial charge in [0.1, 0.15) is 12.3 Å². The lowest BCUT2D eigenvalue weighted by molar-refractivity contribution is -0.135. The summed E-state index contributed by atoms with van der Waals surface area (Å²) in [6.07, 6.45) is 1.18. The van der Waals surface area contributed by atoms with E-state index in [9.17, 15) is 14.4 Å². The Morgan fingerprint density at radius 3 is 2.56 bits per heavy atom. The second-order valence-corrected chi connectivity index (χ2v) is 5.35. The summed E-state index contributed by atoms with van der Waals surface area (Å²) in [6, 6.07) is 13.4. The molecule has 3 aromatic rings. The van der Waals surface area contributed by atoms with Crippen LogP contribution in [0.25, 0.3) is 11.0 Å². The summed E-state index contributed by atoms with van der Waals surface area (Å²) < 4.78 is 6.57. The van der Waals surface area contributed by atoms with E-state index in [1.165, 1.54) is 17.7 Å². The largest absolute Gasteiger partial charge is 0.425 e. The molecule has 1 heterocycles. The van der Waals surface area contributed by atoms with E-state index in [0.29, 0.717) is 22.5 Å². The van der Waals surface area contributed by atoms with Gasteiger partial charge >= 0.3 is 5.97 Å². The second kappa shape index (κ2) is 6.96. The summed E-state index contributed by atoms with van der Waals surface area (Å²) >= 11 is 0. The molecule has 0 saturated heterocycles. The minimum absolute atomic E-state index is 0.186. The van der Waals surface area contributed by atoms with E-state index in [-0.39, 0.29) is 18.0 Å². The third kappa shape index (κ3) is 3.89. The van der Waals surface area contributed by atoms with Crippen molar-refractivity contribution >= 4 is 28.6 Å². The van der Waals surface area contributed by atoms with Crippen molar-refractivity contribution in [3.05, 3.63) is 65.1 Å². The number of hydrogen-bond donors (Lipinski definition) is 1. The normalized spacial score (nSPS) is 10.4. The Balaban J connectivity index is 1.76. The van der Waals surface area contributed by atoms with Crippen molar-refractivity contribution in [2.75, 3.05) is 5.32 Å². The van der Waals surface area contributed by atoms with Gasteiger partial charge in [0, 0.05) is 12.6 Å². The highest BCUT2D eigenvalue weighted by atomic mass is 16.5. The van der Waals surface area contributed by atoms with Crippen LogP contribution in [0.5, 0.6) is 5.75 Å². The van der Waals surface area contributed by atoms with Crippen LogP contribution in [0, 0.1) is 0 Å². The average Bonchev–Trinajstić information content (AvgIpc) is 2.59. The van der Waals surface area contributed by atoms with Gasteiger partial charge in [-0.3, -0.25) is 14.2 Å². The minimum atomic E-state index is -0.578. The van der Waals surface area contributed by atoms with Crippen LogP contribution < -0.4 is 15.6 Å². The molecule has 1 N–H and O–H groups in total. The van der Waals surface area contributed by atoms with Gasteiger partial charge in [0.15, 0.2) is 0 Å². The number of anilines is 1. The number of nitrogens with zero attached hydrogens (tertiary/aromatic N) is 2. The molecule has 0 saturated carbocycles. The number of carbonyl (C=O) groups is 2. The van der Waals surface area contributed by atoms with Crippen molar-refractivity contribution in [3.8, 4) is 5.75 Å². The molecule has 7 heteroatoms. The first kappa shape index (κ1) is 16.4. The van der Waals surface area contributed by atoms with Crippen molar-refractivity contribution in [1.82, 2.24) is 9.55 Å². The standard InChI is InChI=1S/C18H15N3O4/c1-12(22)20-13-6-8-14(9-7-13)25-18(24)11-21-16-5-3-2-4-15(16)19-10-17(21)23/h2-10H,11H2,1H3,(H,20,22). The maximum atomic E-state index is 12.2. The Morgan fingerprint density at radius 1 is 1.12 bits per heavy atom. The summed E-state index contributed by atoms with van der Waals surface area (Å²) in [6.45, 7) is 1.18. The highest BCUT2D eigenvalue weighted by Crippen LogP contribution is 2.16. The fourth-order valence-corrected chi connectivity index (χ4v) is 2.38. The number of amides is 1. The molecule has 0 fully saturated rings. The van der Waals surface area contributed by atoms with Crippen molar-refractivity contribution in [2.24, 2.45) is 0 Å². The Kier molecular flexibility index (Phi) is 4.56. The first-order chi connectivity index (χ1) is 12.0. The summed E-state index contributed by atoms with van der Waals surface area (Å²) in [5, 5.41) is 2.62. The van der Waals surface area contributed by atoms with E-state index in [4.69, 9.17) is 4.74 Å². The summed E-state index contributed by atoms with van der Waals surface area (Å²) in [4.78, 5) is 39.2. The van der Waals surface area contributed by atoms with Crippen molar-refractivity contribution in [2.45, 2.75) is 13.5 Å². The topological polar surface area (TPSA) is 90.3 Å². The molecule has 1 amide bonds. The Labute approximate surface area is 142 Å². The molecular formula is C18H15N3O4. The fourth-order valence-electron chi connectivity index (χ4n) is 2.38. The van der Waals surface area contributed by atoms with E-state index >= 15 is 0 Å². The van der Waals surface area contributed by atoms with Crippen LogP contribution in [0.1, 0.15) is 6.92 Å². The predicted octanol–water partition coefficient (Wildman–Crippen LogP) is 1.96. The Morgan fingerprint density at radius 2 is 1.84 bits per heavy atom. The number of hydrogen-bond acceptors (Lipinski definition) is 5. The molecule has 0 radical (unpaired) electrons. The first-order valence-corrected chi connectivity index (χ1v) is 7.56.